The number of aliphatic imine (C=N–C) groups is 1. The summed E-state index contributed by atoms with van der Waals surface area (Å²) >= 11 is 0. The van der Waals surface area contributed by atoms with Crippen molar-refractivity contribution in [1.82, 2.24) is 20.4 Å². The molecule has 2 aromatic rings. The second kappa shape index (κ2) is 14.8. The number of nitrogens with zero attached hydrogens (tertiary/aromatic N) is 3. The van der Waals surface area contributed by atoms with Crippen LogP contribution in [0.5, 0.6) is 11.5 Å². The Morgan fingerprint density at radius 1 is 1.26 bits per heavy atom. The van der Waals surface area contributed by atoms with Gasteiger partial charge in [-0.15, -0.1) is 24.0 Å². The first kappa shape index (κ1) is 26.9. The molecule has 0 saturated carbocycles. The number of guanidine groups is 1. The third-order valence-corrected chi connectivity index (χ3v) is 4.17. The van der Waals surface area contributed by atoms with Gasteiger partial charge in [0.1, 0.15) is 11.5 Å². The van der Waals surface area contributed by atoms with Gasteiger partial charge in [0, 0.05) is 38.0 Å². The zero-order valence-corrected chi connectivity index (χ0v) is 20.6. The molecule has 174 valence electrons. The van der Waals surface area contributed by atoms with E-state index in [0.717, 1.165) is 25.8 Å². The van der Waals surface area contributed by atoms with Gasteiger partial charge in [0.2, 0.25) is 0 Å². The molecule has 1 aromatic heterocycles. The van der Waals surface area contributed by atoms with Crippen molar-refractivity contribution in [2.45, 2.75) is 46.3 Å². The number of hydrogen-bond acceptors (Lipinski definition) is 4. The van der Waals surface area contributed by atoms with Crippen LogP contribution in [0.2, 0.25) is 0 Å². The lowest BCUT2D eigenvalue weighted by Crippen LogP contribution is -2.37. The van der Waals surface area contributed by atoms with Crippen molar-refractivity contribution in [3.05, 3.63) is 41.7 Å². The molecule has 1 heterocycles. The van der Waals surface area contributed by atoms with E-state index in [1.807, 2.05) is 33.3 Å². The maximum absolute atomic E-state index is 12.8. The number of hydrogen-bond donors (Lipinski definition) is 2. The standard InChI is InChI=1S/C21H31F2N5O2.HI/c1-4-11-29-18-9-8-17(19(12-18)30-20(22)23)14-26-21(24-5-2)25-10-6-7-16-13-27-28(3)15-16;/h8-9,12-13,15,20H,4-7,10-11,14H2,1-3H3,(H2,24,25,26);1H. The predicted molar refractivity (Wildman–Crippen MR) is 129 cm³/mol. The Hall–Kier alpha value is -2.11. The summed E-state index contributed by atoms with van der Waals surface area (Å²) in [6.45, 7) is 3.17. The summed E-state index contributed by atoms with van der Waals surface area (Å²) in [4.78, 5) is 4.50. The second-order valence-corrected chi connectivity index (χ2v) is 6.74. The Balaban J connectivity index is 0.00000480. The zero-order valence-electron chi connectivity index (χ0n) is 18.2. The van der Waals surface area contributed by atoms with Crippen LogP contribution in [-0.2, 0) is 20.0 Å². The van der Waals surface area contributed by atoms with Crippen LogP contribution in [0.1, 0.15) is 37.8 Å². The third kappa shape index (κ3) is 10.2. The summed E-state index contributed by atoms with van der Waals surface area (Å²) in [7, 11) is 1.89. The number of alkyl halides is 2. The second-order valence-electron chi connectivity index (χ2n) is 6.74. The monoisotopic (exact) mass is 551 g/mol. The molecule has 1 aromatic carbocycles. The minimum Gasteiger partial charge on any atom is -0.493 e. The van der Waals surface area contributed by atoms with Crippen LogP contribution in [0.4, 0.5) is 8.78 Å². The molecule has 0 radical (unpaired) electrons. The molecule has 7 nitrogen and oxygen atoms in total. The van der Waals surface area contributed by atoms with Crippen LogP contribution < -0.4 is 20.1 Å². The highest BCUT2D eigenvalue weighted by atomic mass is 127. The van der Waals surface area contributed by atoms with Gasteiger partial charge in [0.05, 0.1) is 19.3 Å². The highest BCUT2D eigenvalue weighted by molar-refractivity contribution is 14.0. The smallest absolute Gasteiger partial charge is 0.387 e. The van der Waals surface area contributed by atoms with Crippen LogP contribution >= 0.6 is 24.0 Å². The first-order valence-corrected chi connectivity index (χ1v) is 10.2. The Bertz CT molecular complexity index is 802. The number of rotatable bonds is 12. The topological polar surface area (TPSA) is 72.7 Å². The fourth-order valence-electron chi connectivity index (χ4n) is 2.79. The fourth-order valence-corrected chi connectivity index (χ4v) is 2.79. The van der Waals surface area contributed by atoms with E-state index in [0.29, 0.717) is 30.4 Å². The number of nitrogens with one attached hydrogen (secondary N) is 2. The zero-order chi connectivity index (χ0) is 21.8. The van der Waals surface area contributed by atoms with Gasteiger partial charge < -0.3 is 20.1 Å². The van der Waals surface area contributed by atoms with Gasteiger partial charge in [0.25, 0.3) is 0 Å². The highest BCUT2D eigenvalue weighted by Gasteiger charge is 2.12. The van der Waals surface area contributed by atoms with E-state index in [1.54, 1.807) is 16.8 Å². The predicted octanol–water partition coefficient (Wildman–Crippen LogP) is 4.12. The van der Waals surface area contributed by atoms with Gasteiger partial charge >= 0.3 is 6.61 Å². The van der Waals surface area contributed by atoms with E-state index >= 15 is 0 Å². The summed E-state index contributed by atoms with van der Waals surface area (Å²) in [6.07, 6.45) is 6.51. The summed E-state index contributed by atoms with van der Waals surface area (Å²) in [6, 6.07) is 4.94. The number of benzene rings is 1. The Morgan fingerprint density at radius 3 is 2.71 bits per heavy atom. The summed E-state index contributed by atoms with van der Waals surface area (Å²) < 4.78 is 37.6. The SMILES string of the molecule is CCCOc1ccc(CN=C(NCC)NCCCc2cnn(C)c2)c(OC(F)F)c1.I. The quantitative estimate of drug-likeness (QED) is 0.180. The lowest BCUT2D eigenvalue weighted by molar-refractivity contribution is -0.0505. The van der Waals surface area contributed by atoms with Crippen LogP contribution in [0.15, 0.2) is 35.6 Å². The molecule has 0 fully saturated rings. The molecule has 10 heteroatoms. The highest BCUT2D eigenvalue weighted by Crippen LogP contribution is 2.27. The molecular weight excluding hydrogens is 519 g/mol. The summed E-state index contributed by atoms with van der Waals surface area (Å²) in [5, 5.41) is 10.6. The lowest BCUT2D eigenvalue weighted by atomic mass is 10.2. The molecule has 0 saturated heterocycles. The molecule has 0 bridgehead atoms. The third-order valence-electron chi connectivity index (χ3n) is 4.17. The maximum atomic E-state index is 12.8. The minimum atomic E-state index is -2.91. The Kier molecular flexibility index (Phi) is 12.9. The average Bonchev–Trinajstić information content (AvgIpc) is 3.13. The first-order chi connectivity index (χ1) is 14.5. The van der Waals surface area contributed by atoms with Gasteiger partial charge in [-0.1, -0.05) is 6.92 Å². The lowest BCUT2D eigenvalue weighted by Gasteiger charge is -2.14. The fraction of sp³-hybridized carbons (Fsp3) is 0.524. The normalized spacial score (nSPS) is 11.2. The molecule has 0 unspecified atom stereocenters. The Morgan fingerprint density at radius 2 is 2.06 bits per heavy atom. The number of aromatic nitrogens is 2. The number of aryl methyl sites for hydroxylation is 2. The van der Waals surface area contributed by atoms with Gasteiger partial charge in [-0.05, 0) is 43.9 Å². The van der Waals surface area contributed by atoms with Crippen LogP contribution in [-0.4, -0.2) is 42.0 Å². The van der Waals surface area contributed by atoms with Gasteiger partial charge in [-0.3, -0.25) is 4.68 Å². The molecule has 2 rings (SSSR count). The Labute approximate surface area is 199 Å². The van der Waals surface area contributed by atoms with Crippen molar-refractivity contribution in [1.29, 1.82) is 0 Å². The number of ether oxygens (including phenoxy) is 2. The average molecular weight is 551 g/mol. The van der Waals surface area contributed by atoms with Crippen molar-refractivity contribution in [2.75, 3.05) is 19.7 Å². The van der Waals surface area contributed by atoms with Gasteiger partial charge in [-0.2, -0.15) is 13.9 Å². The van der Waals surface area contributed by atoms with Crippen LogP contribution in [0.25, 0.3) is 0 Å². The van der Waals surface area contributed by atoms with Crippen molar-refractivity contribution in [2.24, 2.45) is 12.0 Å². The van der Waals surface area contributed by atoms with Gasteiger partial charge in [0.15, 0.2) is 5.96 Å². The van der Waals surface area contributed by atoms with Crippen molar-refractivity contribution in [3.8, 4) is 11.5 Å². The van der Waals surface area contributed by atoms with Crippen molar-refractivity contribution < 1.29 is 18.3 Å². The molecule has 0 amide bonds. The molecular formula is C21H32F2IN5O2. The molecule has 0 atom stereocenters. The van der Waals surface area contributed by atoms with Crippen LogP contribution in [0, 0.1) is 0 Å². The van der Waals surface area contributed by atoms with Crippen molar-refractivity contribution in [3.63, 3.8) is 0 Å². The largest absolute Gasteiger partial charge is 0.493 e. The van der Waals surface area contributed by atoms with E-state index in [-0.39, 0.29) is 36.3 Å². The van der Waals surface area contributed by atoms with Gasteiger partial charge in [-0.25, -0.2) is 4.99 Å². The van der Waals surface area contributed by atoms with Crippen LogP contribution in [0.3, 0.4) is 0 Å². The summed E-state index contributed by atoms with van der Waals surface area (Å²) in [5.74, 6) is 1.20. The maximum Gasteiger partial charge on any atom is 0.387 e. The van der Waals surface area contributed by atoms with E-state index in [9.17, 15) is 8.78 Å². The molecule has 0 spiro atoms. The molecule has 0 aliphatic rings. The molecule has 0 aliphatic carbocycles. The first-order valence-electron chi connectivity index (χ1n) is 10.2. The van der Waals surface area contributed by atoms with Crippen molar-refractivity contribution >= 4 is 29.9 Å². The minimum absolute atomic E-state index is 0. The molecule has 31 heavy (non-hydrogen) atoms. The molecule has 2 N–H and O–H groups in total. The number of halogens is 3. The van der Waals surface area contributed by atoms with E-state index in [1.165, 1.54) is 11.6 Å². The molecule has 0 aliphatic heterocycles. The van der Waals surface area contributed by atoms with E-state index in [2.05, 4.69) is 25.5 Å². The van der Waals surface area contributed by atoms with E-state index in [4.69, 9.17) is 4.74 Å². The van der Waals surface area contributed by atoms with E-state index < -0.39 is 6.61 Å². The summed E-state index contributed by atoms with van der Waals surface area (Å²) in [5.41, 5.74) is 1.74.